The summed E-state index contributed by atoms with van der Waals surface area (Å²) in [7, 11) is 0. The Balaban J connectivity index is 2.41. The molecule has 92 valence electrons. The van der Waals surface area contributed by atoms with Crippen molar-refractivity contribution in [3.8, 4) is 0 Å². The molecule has 2 rings (SSSR count). The maximum atomic E-state index is 5.79. The van der Waals surface area contributed by atoms with Crippen molar-refractivity contribution in [1.29, 1.82) is 0 Å². The summed E-state index contributed by atoms with van der Waals surface area (Å²) < 4.78 is 0. The number of hydrogen-bond acceptors (Lipinski definition) is 1. The van der Waals surface area contributed by atoms with Crippen LogP contribution in [0.4, 0.5) is 0 Å². The van der Waals surface area contributed by atoms with Crippen LogP contribution < -0.4 is 5.73 Å². The van der Waals surface area contributed by atoms with Crippen LogP contribution in [0.5, 0.6) is 0 Å². The third kappa shape index (κ3) is 2.37. The predicted molar refractivity (Wildman–Crippen MR) is 74.3 cm³/mol. The number of aromatic amines is 1. The van der Waals surface area contributed by atoms with Gasteiger partial charge in [0.2, 0.25) is 0 Å². The summed E-state index contributed by atoms with van der Waals surface area (Å²) in [5.41, 5.74) is 11.2. The molecule has 0 spiro atoms. The van der Waals surface area contributed by atoms with E-state index in [1.807, 2.05) is 0 Å². The van der Waals surface area contributed by atoms with Crippen molar-refractivity contribution >= 4 is 10.9 Å². The fourth-order valence-corrected chi connectivity index (χ4v) is 2.24. The topological polar surface area (TPSA) is 41.8 Å². The highest BCUT2D eigenvalue weighted by Gasteiger charge is 2.16. The quantitative estimate of drug-likeness (QED) is 0.834. The van der Waals surface area contributed by atoms with Crippen molar-refractivity contribution in [3.63, 3.8) is 0 Å². The smallest absolute Gasteiger partial charge is 0.0458 e. The zero-order valence-electron chi connectivity index (χ0n) is 11.2. The monoisotopic (exact) mass is 230 g/mol. The second-order valence-electron chi connectivity index (χ2n) is 5.80. The molecule has 0 unspecified atom stereocenters. The summed E-state index contributed by atoms with van der Waals surface area (Å²) in [6.07, 6.45) is 1.03. The Hall–Kier alpha value is -1.28. The van der Waals surface area contributed by atoms with Gasteiger partial charge in [-0.3, -0.25) is 0 Å². The highest BCUT2D eigenvalue weighted by atomic mass is 14.7. The molecule has 3 N–H and O–H groups in total. The molecular weight excluding hydrogens is 208 g/mol. The predicted octanol–water partition coefficient (Wildman–Crippen LogP) is 3.31. The van der Waals surface area contributed by atoms with E-state index >= 15 is 0 Å². The van der Waals surface area contributed by atoms with Gasteiger partial charge in [0, 0.05) is 16.6 Å². The standard InChI is InChI=1S/C15H22N2/c1-10-11(2)17-14-6-5-12(7-13(10)14)8-15(3,4)9-16/h5-7,17H,8-9,16H2,1-4H3. The van der Waals surface area contributed by atoms with Crippen molar-refractivity contribution in [2.75, 3.05) is 6.54 Å². The van der Waals surface area contributed by atoms with Crippen LogP contribution in [0.15, 0.2) is 18.2 Å². The third-order valence-corrected chi connectivity index (χ3v) is 3.61. The van der Waals surface area contributed by atoms with E-state index in [0.29, 0.717) is 0 Å². The van der Waals surface area contributed by atoms with Gasteiger partial charge in [-0.25, -0.2) is 0 Å². The molecule has 1 aromatic carbocycles. The van der Waals surface area contributed by atoms with Gasteiger partial charge in [0.05, 0.1) is 0 Å². The average Bonchev–Trinajstić information content (AvgIpc) is 2.55. The zero-order chi connectivity index (χ0) is 12.6. The normalized spacial score (nSPS) is 12.3. The van der Waals surface area contributed by atoms with E-state index in [1.54, 1.807) is 0 Å². The van der Waals surface area contributed by atoms with E-state index < -0.39 is 0 Å². The number of benzene rings is 1. The van der Waals surface area contributed by atoms with Gasteiger partial charge in [0.25, 0.3) is 0 Å². The minimum absolute atomic E-state index is 0.174. The van der Waals surface area contributed by atoms with E-state index in [1.165, 1.54) is 27.7 Å². The Morgan fingerprint density at radius 3 is 2.59 bits per heavy atom. The molecule has 0 aliphatic rings. The van der Waals surface area contributed by atoms with Crippen LogP contribution in [0.2, 0.25) is 0 Å². The number of nitrogens with two attached hydrogens (primary N) is 1. The minimum Gasteiger partial charge on any atom is -0.358 e. The summed E-state index contributed by atoms with van der Waals surface area (Å²) in [5.74, 6) is 0. The Morgan fingerprint density at radius 1 is 1.24 bits per heavy atom. The molecule has 1 aromatic heterocycles. The summed E-state index contributed by atoms with van der Waals surface area (Å²) >= 11 is 0. The van der Waals surface area contributed by atoms with Crippen molar-refractivity contribution in [1.82, 2.24) is 4.98 Å². The lowest BCUT2D eigenvalue weighted by Crippen LogP contribution is -2.25. The Kier molecular flexibility index (Phi) is 3.00. The van der Waals surface area contributed by atoms with Gasteiger partial charge < -0.3 is 10.7 Å². The number of H-pyrrole nitrogens is 1. The number of rotatable bonds is 3. The highest BCUT2D eigenvalue weighted by molar-refractivity contribution is 5.85. The van der Waals surface area contributed by atoms with E-state index in [-0.39, 0.29) is 5.41 Å². The second-order valence-corrected chi connectivity index (χ2v) is 5.80. The maximum Gasteiger partial charge on any atom is 0.0458 e. The number of nitrogens with one attached hydrogen (secondary N) is 1. The van der Waals surface area contributed by atoms with E-state index in [2.05, 4.69) is 50.9 Å². The van der Waals surface area contributed by atoms with Crippen LogP contribution in [0.25, 0.3) is 10.9 Å². The van der Waals surface area contributed by atoms with Crippen molar-refractivity contribution in [2.24, 2.45) is 11.1 Å². The molecule has 2 nitrogen and oxygen atoms in total. The van der Waals surface area contributed by atoms with Gasteiger partial charge in [0.15, 0.2) is 0 Å². The first-order valence-electron chi connectivity index (χ1n) is 6.21. The summed E-state index contributed by atoms with van der Waals surface area (Å²) in [5, 5.41) is 1.34. The van der Waals surface area contributed by atoms with Gasteiger partial charge in [0.1, 0.15) is 0 Å². The molecule has 2 heteroatoms. The molecule has 0 saturated carbocycles. The van der Waals surface area contributed by atoms with Gasteiger partial charge >= 0.3 is 0 Å². The lowest BCUT2D eigenvalue weighted by atomic mass is 9.85. The molecule has 17 heavy (non-hydrogen) atoms. The third-order valence-electron chi connectivity index (χ3n) is 3.61. The van der Waals surface area contributed by atoms with Crippen molar-refractivity contribution in [2.45, 2.75) is 34.1 Å². The molecular formula is C15H22N2. The Labute approximate surface area is 103 Å². The first kappa shape index (κ1) is 12.2. The molecule has 0 saturated heterocycles. The van der Waals surface area contributed by atoms with E-state index in [0.717, 1.165) is 13.0 Å². The van der Waals surface area contributed by atoms with E-state index in [9.17, 15) is 0 Å². The van der Waals surface area contributed by atoms with Crippen LogP contribution in [-0.4, -0.2) is 11.5 Å². The highest BCUT2D eigenvalue weighted by Crippen LogP contribution is 2.26. The average molecular weight is 230 g/mol. The van der Waals surface area contributed by atoms with Crippen molar-refractivity contribution in [3.05, 3.63) is 35.0 Å². The first-order chi connectivity index (χ1) is 7.93. The van der Waals surface area contributed by atoms with Gasteiger partial charge in [-0.1, -0.05) is 19.9 Å². The van der Waals surface area contributed by atoms with Crippen LogP contribution in [0.1, 0.15) is 30.7 Å². The fraction of sp³-hybridized carbons (Fsp3) is 0.467. The lowest BCUT2D eigenvalue weighted by molar-refractivity contribution is 0.377. The van der Waals surface area contributed by atoms with Crippen LogP contribution in [-0.2, 0) is 6.42 Å². The second kappa shape index (κ2) is 4.19. The van der Waals surface area contributed by atoms with E-state index in [4.69, 9.17) is 5.73 Å². The molecule has 0 fully saturated rings. The summed E-state index contributed by atoms with van der Waals surface area (Å²) in [6, 6.07) is 6.68. The summed E-state index contributed by atoms with van der Waals surface area (Å²) in [4.78, 5) is 3.41. The first-order valence-corrected chi connectivity index (χ1v) is 6.21. The largest absolute Gasteiger partial charge is 0.358 e. The Morgan fingerprint density at radius 2 is 1.94 bits per heavy atom. The van der Waals surface area contributed by atoms with Crippen LogP contribution in [0.3, 0.4) is 0 Å². The lowest BCUT2D eigenvalue weighted by Gasteiger charge is -2.22. The summed E-state index contributed by atoms with van der Waals surface area (Å²) in [6.45, 7) is 9.44. The molecule has 2 aromatic rings. The SMILES string of the molecule is Cc1[nH]c2ccc(CC(C)(C)CN)cc2c1C. The fourth-order valence-electron chi connectivity index (χ4n) is 2.24. The van der Waals surface area contributed by atoms with Crippen LogP contribution in [0, 0.1) is 19.3 Å². The molecule has 0 radical (unpaired) electrons. The van der Waals surface area contributed by atoms with Gasteiger partial charge in [-0.05, 0) is 55.5 Å². The molecule has 0 atom stereocenters. The molecule has 0 bridgehead atoms. The molecule has 1 heterocycles. The van der Waals surface area contributed by atoms with Gasteiger partial charge in [-0.15, -0.1) is 0 Å². The minimum atomic E-state index is 0.174. The van der Waals surface area contributed by atoms with Gasteiger partial charge in [-0.2, -0.15) is 0 Å². The number of aryl methyl sites for hydroxylation is 2. The number of hydrogen-bond donors (Lipinski definition) is 2. The van der Waals surface area contributed by atoms with Crippen LogP contribution >= 0.6 is 0 Å². The zero-order valence-corrected chi connectivity index (χ0v) is 11.2. The van der Waals surface area contributed by atoms with Crippen molar-refractivity contribution < 1.29 is 0 Å². The molecule has 0 aliphatic heterocycles. The Bertz CT molecular complexity index is 535. The number of fused-ring (bicyclic) bond motifs is 1. The number of aromatic nitrogens is 1. The maximum absolute atomic E-state index is 5.79. The molecule has 0 aliphatic carbocycles. The molecule has 0 amide bonds.